The van der Waals surface area contributed by atoms with Crippen molar-refractivity contribution in [2.24, 2.45) is 0 Å². The van der Waals surface area contributed by atoms with Crippen LogP contribution in [-0.2, 0) is 6.42 Å². The lowest BCUT2D eigenvalue weighted by Gasteiger charge is -2.07. The molecule has 0 spiro atoms. The number of pyridine rings is 1. The summed E-state index contributed by atoms with van der Waals surface area (Å²) in [4.78, 5) is 12.1. The van der Waals surface area contributed by atoms with Gasteiger partial charge in [0.15, 0.2) is 5.82 Å². The molecule has 0 saturated carbocycles. The Balaban J connectivity index is 2.55. The largest absolute Gasteiger partial charge is 0.341 e. The van der Waals surface area contributed by atoms with Crippen molar-refractivity contribution in [3.8, 4) is 11.5 Å². The fourth-order valence-corrected chi connectivity index (χ4v) is 2.32. The second-order valence-corrected chi connectivity index (χ2v) is 5.28. The number of aromatic nitrogens is 3. The molecule has 18 heavy (non-hydrogen) atoms. The minimum atomic E-state index is 0.579. The maximum Gasteiger partial charge on any atom is 0.157 e. The maximum atomic E-state index is 5.27. The Labute approximate surface area is 120 Å². The third-order valence-electron chi connectivity index (χ3n) is 2.57. The van der Waals surface area contributed by atoms with E-state index in [-0.39, 0.29) is 0 Å². The average molecular weight is 324 g/mol. The van der Waals surface area contributed by atoms with E-state index in [0.29, 0.717) is 4.64 Å². The van der Waals surface area contributed by atoms with E-state index in [1.54, 1.807) is 0 Å². The molecule has 0 aliphatic rings. The molecule has 0 saturated heterocycles. The van der Waals surface area contributed by atoms with Gasteiger partial charge in [-0.1, -0.05) is 31.6 Å². The zero-order valence-electron chi connectivity index (χ0n) is 10.3. The molecule has 1 N–H and O–H groups in total. The van der Waals surface area contributed by atoms with Crippen LogP contribution < -0.4 is 0 Å². The predicted molar refractivity (Wildman–Crippen MR) is 79.1 cm³/mol. The third-order valence-corrected chi connectivity index (χ3v) is 3.98. The van der Waals surface area contributed by atoms with Gasteiger partial charge in [0.2, 0.25) is 0 Å². The first-order chi connectivity index (χ1) is 8.61. The van der Waals surface area contributed by atoms with Gasteiger partial charge in [-0.25, -0.2) is 9.97 Å². The number of nitrogens with one attached hydrogen (secondary N) is 1. The standard InChI is InChI=1S/C13H14BrN3S/c1-3-5-9-11(14)13(18)17-12(16-9)10-7-4-6-8(2)15-10/h4,6-7H,3,5H2,1-2H3,(H,16,17,18). The van der Waals surface area contributed by atoms with Crippen LogP contribution in [0, 0.1) is 11.6 Å². The summed E-state index contributed by atoms with van der Waals surface area (Å²) in [6.45, 7) is 4.10. The van der Waals surface area contributed by atoms with E-state index >= 15 is 0 Å². The van der Waals surface area contributed by atoms with E-state index in [4.69, 9.17) is 12.2 Å². The monoisotopic (exact) mass is 323 g/mol. The number of rotatable bonds is 3. The summed E-state index contributed by atoms with van der Waals surface area (Å²) in [5.41, 5.74) is 2.87. The van der Waals surface area contributed by atoms with Crippen LogP contribution in [0.25, 0.3) is 11.5 Å². The molecule has 0 aromatic carbocycles. The molecule has 3 nitrogen and oxygen atoms in total. The van der Waals surface area contributed by atoms with Crippen molar-refractivity contribution < 1.29 is 0 Å². The van der Waals surface area contributed by atoms with Crippen LogP contribution >= 0.6 is 28.1 Å². The lowest BCUT2D eigenvalue weighted by atomic mass is 10.2. The molecule has 94 valence electrons. The lowest BCUT2D eigenvalue weighted by molar-refractivity contribution is 0.863. The molecular formula is C13H14BrN3S. The van der Waals surface area contributed by atoms with Crippen LogP contribution in [0.15, 0.2) is 22.7 Å². The molecule has 0 bridgehead atoms. The Morgan fingerprint density at radius 3 is 2.78 bits per heavy atom. The number of aromatic amines is 1. The highest BCUT2D eigenvalue weighted by molar-refractivity contribution is 9.10. The minimum Gasteiger partial charge on any atom is -0.341 e. The van der Waals surface area contributed by atoms with Crippen LogP contribution in [0.3, 0.4) is 0 Å². The Kier molecular flexibility index (Phi) is 4.24. The second-order valence-electron chi connectivity index (χ2n) is 4.10. The molecule has 0 aliphatic carbocycles. The summed E-state index contributed by atoms with van der Waals surface area (Å²) in [6, 6.07) is 5.87. The second kappa shape index (κ2) is 5.71. The highest BCUT2D eigenvalue weighted by Gasteiger charge is 2.08. The van der Waals surface area contributed by atoms with Crippen molar-refractivity contribution >= 4 is 28.1 Å². The highest BCUT2D eigenvalue weighted by atomic mass is 79.9. The average Bonchev–Trinajstić information content (AvgIpc) is 2.35. The number of H-pyrrole nitrogens is 1. The summed E-state index contributed by atoms with van der Waals surface area (Å²) in [7, 11) is 0. The molecule has 0 amide bonds. The molecule has 5 heteroatoms. The van der Waals surface area contributed by atoms with Gasteiger partial charge in [-0.3, -0.25) is 0 Å². The van der Waals surface area contributed by atoms with Gasteiger partial charge in [0, 0.05) is 11.4 Å². The fourth-order valence-electron chi connectivity index (χ4n) is 1.72. The van der Waals surface area contributed by atoms with Gasteiger partial charge in [0.25, 0.3) is 0 Å². The molecule has 0 unspecified atom stereocenters. The summed E-state index contributed by atoms with van der Waals surface area (Å²) >= 11 is 8.75. The van der Waals surface area contributed by atoms with E-state index in [1.165, 1.54) is 0 Å². The third kappa shape index (κ3) is 2.84. The number of halogens is 1. The zero-order chi connectivity index (χ0) is 13.1. The smallest absolute Gasteiger partial charge is 0.157 e. The molecule has 0 radical (unpaired) electrons. The van der Waals surface area contributed by atoms with Crippen molar-refractivity contribution in [2.75, 3.05) is 0 Å². The van der Waals surface area contributed by atoms with E-state index in [2.05, 4.69) is 37.8 Å². The first-order valence-corrected chi connectivity index (χ1v) is 7.04. The topological polar surface area (TPSA) is 41.6 Å². The van der Waals surface area contributed by atoms with Gasteiger partial charge in [-0.05, 0) is 41.4 Å². The molecule has 0 fully saturated rings. The van der Waals surface area contributed by atoms with E-state index in [9.17, 15) is 0 Å². The molecule has 0 atom stereocenters. The predicted octanol–water partition coefficient (Wildman–Crippen LogP) is 4.22. The molecule has 2 rings (SSSR count). The summed E-state index contributed by atoms with van der Waals surface area (Å²) in [5, 5.41) is 0. The van der Waals surface area contributed by atoms with Gasteiger partial charge in [0.1, 0.15) is 10.3 Å². The Morgan fingerprint density at radius 2 is 2.11 bits per heavy atom. The number of nitrogens with zero attached hydrogens (tertiary/aromatic N) is 2. The van der Waals surface area contributed by atoms with Crippen LogP contribution in [0.4, 0.5) is 0 Å². The number of aryl methyl sites for hydroxylation is 2. The molecule has 2 aromatic heterocycles. The van der Waals surface area contributed by atoms with Crippen molar-refractivity contribution in [1.29, 1.82) is 0 Å². The summed E-state index contributed by atoms with van der Waals surface area (Å²) in [5.74, 6) is 0.732. The van der Waals surface area contributed by atoms with Crippen LogP contribution in [-0.4, -0.2) is 15.0 Å². The maximum absolute atomic E-state index is 5.27. The lowest BCUT2D eigenvalue weighted by Crippen LogP contribution is -2.00. The van der Waals surface area contributed by atoms with Crippen molar-refractivity contribution in [1.82, 2.24) is 15.0 Å². The highest BCUT2D eigenvalue weighted by Crippen LogP contribution is 2.21. The van der Waals surface area contributed by atoms with Gasteiger partial charge in [-0.15, -0.1) is 0 Å². The Bertz CT molecular complexity index is 622. The van der Waals surface area contributed by atoms with E-state index in [1.807, 2.05) is 25.1 Å². The van der Waals surface area contributed by atoms with Crippen LogP contribution in [0.5, 0.6) is 0 Å². The van der Waals surface area contributed by atoms with Crippen LogP contribution in [0.1, 0.15) is 24.7 Å². The van der Waals surface area contributed by atoms with Gasteiger partial charge in [-0.2, -0.15) is 0 Å². The van der Waals surface area contributed by atoms with Crippen molar-refractivity contribution in [3.63, 3.8) is 0 Å². The zero-order valence-corrected chi connectivity index (χ0v) is 12.7. The normalized spacial score (nSPS) is 10.6. The molecule has 2 heterocycles. The number of hydrogen-bond acceptors (Lipinski definition) is 3. The van der Waals surface area contributed by atoms with E-state index < -0.39 is 0 Å². The summed E-state index contributed by atoms with van der Waals surface area (Å²) in [6.07, 6.45) is 1.99. The van der Waals surface area contributed by atoms with E-state index in [0.717, 1.165) is 40.2 Å². The summed E-state index contributed by atoms with van der Waals surface area (Å²) < 4.78 is 1.46. The quantitative estimate of drug-likeness (QED) is 0.859. The molecular weight excluding hydrogens is 310 g/mol. The molecule has 2 aromatic rings. The first-order valence-electron chi connectivity index (χ1n) is 5.84. The number of hydrogen-bond donors (Lipinski definition) is 1. The van der Waals surface area contributed by atoms with Gasteiger partial charge in [0.05, 0.1) is 4.47 Å². The van der Waals surface area contributed by atoms with Gasteiger partial charge < -0.3 is 4.98 Å². The minimum absolute atomic E-state index is 0.579. The Morgan fingerprint density at radius 1 is 1.33 bits per heavy atom. The van der Waals surface area contributed by atoms with Crippen LogP contribution in [0.2, 0.25) is 0 Å². The molecule has 0 aliphatic heterocycles. The fraction of sp³-hybridized carbons (Fsp3) is 0.308. The van der Waals surface area contributed by atoms with Gasteiger partial charge >= 0.3 is 0 Å². The Hall–Kier alpha value is -1.07. The van der Waals surface area contributed by atoms with Crippen molar-refractivity contribution in [3.05, 3.63) is 38.7 Å². The van der Waals surface area contributed by atoms with Crippen molar-refractivity contribution in [2.45, 2.75) is 26.7 Å². The SMILES string of the molecule is CCCc1[nH]c(-c2cccc(C)n2)nc(=S)c1Br. The first kappa shape index (κ1) is 13.4.